The van der Waals surface area contributed by atoms with E-state index in [1.54, 1.807) is 0 Å². The molecule has 0 aromatic carbocycles. The molecular weight excluding hydrogens is 180 g/mol. The molecule has 0 saturated carbocycles. The average Bonchev–Trinajstić information content (AvgIpc) is 2.13. The van der Waals surface area contributed by atoms with Crippen molar-refractivity contribution in [2.75, 3.05) is 13.6 Å². The minimum Gasteiger partial charge on any atom is -0.480 e. The van der Waals surface area contributed by atoms with E-state index in [1.165, 1.54) is 0 Å². The lowest BCUT2D eigenvalue weighted by Gasteiger charge is -2.22. The van der Waals surface area contributed by atoms with Gasteiger partial charge in [-0.25, -0.2) is 0 Å². The molecule has 14 heavy (non-hydrogen) atoms. The summed E-state index contributed by atoms with van der Waals surface area (Å²) in [5, 5.41) is 17.2. The number of nitriles is 1. The summed E-state index contributed by atoms with van der Waals surface area (Å²) in [6.45, 7) is 2.61. The molecule has 0 heterocycles. The van der Waals surface area contributed by atoms with Crippen LogP contribution < -0.4 is 0 Å². The zero-order valence-electron chi connectivity index (χ0n) is 8.86. The number of aliphatic carboxylic acids is 1. The Labute approximate surface area is 85.1 Å². The van der Waals surface area contributed by atoms with Crippen molar-refractivity contribution in [1.29, 1.82) is 5.26 Å². The first kappa shape index (κ1) is 12.9. The first-order valence-corrected chi connectivity index (χ1v) is 4.93. The van der Waals surface area contributed by atoms with Crippen molar-refractivity contribution in [3.05, 3.63) is 0 Å². The van der Waals surface area contributed by atoms with Crippen LogP contribution in [-0.4, -0.2) is 35.6 Å². The van der Waals surface area contributed by atoms with E-state index in [4.69, 9.17) is 10.4 Å². The van der Waals surface area contributed by atoms with Gasteiger partial charge in [-0.3, -0.25) is 9.69 Å². The van der Waals surface area contributed by atoms with Gasteiger partial charge in [0.2, 0.25) is 0 Å². The van der Waals surface area contributed by atoms with Crippen LogP contribution in [-0.2, 0) is 4.79 Å². The third kappa shape index (κ3) is 4.83. The van der Waals surface area contributed by atoms with Gasteiger partial charge in [0.25, 0.3) is 0 Å². The monoisotopic (exact) mass is 198 g/mol. The molecule has 0 saturated heterocycles. The third-order valence-corrected chi connectivity index (χ3v) is 2.25. The summed E-state index contributed by atoms with van der Waals surface area (Å²) in [6.07, 6.45) is 2.90. The Morgan fingerprint density at radius 2 is 2.21 bits per heavy atom. The molecule has 0 aromatic rings. The lowest BCUT2D eigenvalue weighted by Crippen LogP contribution is -2.38. The summed E-state index contributed by atoms with van der Waals surface area (Å²) < 4.78 is 0. The summed E-state index contributed by atoms with van der Waals surface area (Å²) >= 11 is 0. The highest BCUT2D eigenvalue weighted by molar-refractivity contribution is 5.73. The molecular formula is C10H18N2O2. The highest BCUT2D eigenvalue weighted by atomic mass is 16.4. The first-order chi connectivity index (χ1) is 6.63. The van der Waals surface area contributed by atoms with E-state index >= 15 is 0 Å². The zero-order chi connectivity index (χ0) is 11.0. The van der Waals surface area contributed by atoms with E-state index in [0.29, 0.717) is 12.8 Å². The van der Waals surface area contributed by atoms with Crippen molar-refractivity contribution >= 4 is 5.97 Å². The van der Waals surface area contributed by atoms with Crippen molar-refractivity contribution in [3.8, 4) is 6.07 Å². The third-order valence-electron chi connectivity index (χ3n) is 2.25. The number of likely N-dealkylation sites (N-methyl/N-ethyl adjacent to an activating group) is 1. The first-order valence-electron chi connectivity index (χ1n) is 4.93. The number of carboxylic acid groups (broad SMARTS) is 1. The molecule has 0 aliphatic carbocycles. The highest BCUT2D eigenvalue weighted by Crippen LogP contribution is 2.04. The fourth-order valence-corrected chi connectivity index (χ4v) is 1.40. The number of carboxylic acids is 1. The molecule has 0 spiro atoms. The topological polar surface area (TPSA) is 64.3 Å². The van der Waals surface area contributed by atoms with Gasteiger partial charge in [0.15, 0.2) is 0 Å². The van der Waals surface area contributed by atoms with E-state index in [9.17, 15) is 4.79 Å². The van der Waals surface area contributed by atoms with Gasteiger partial charge >= 0.3 is 5.97 Å². The fourth-order valence-electron chi connectivity index (χ4n) is 1.40. The molecule has 0 aliphatic rings. The molecule has 0 radical (unpaired) electrons. The van der Waals surface area contributed by atoms with Crippen LogP contribution in [0.15, 0.2) is 0 Å². The van der Waals surface area contributed by atoms with Crippen LogP contribution in [0.2, 0.25) is 0 Å². The minimum absolute atomic E-state index is 0.392. The minimum atomic E-state index is -0.768. The predicted molar refractivity (Wildman–Crippen MR) is 53.8 cm³/mol. The van der Waals surface area contributed by atoms with Crippen molar-refractivity contribution in [1.82, 2.24) is 4.90 Å². The van der Waals surface area contributed by atoms with Gasteiger partial charge in [0.05, 0.1) is 6.07 Å². The summed E-state index contributed by atoms with van der Waals surface area (Å²) in [7, 11) is 1.81. The Hall–Kier alpha value is -1.08. The smallest absolute Gasteiger partial charge is 0.320 e. The second kappa shape index (κ2) is 7.34. The largest absolute Gasteiger partial charge is 0.480 e. The van der Waals surface area contributed by atoms with Crippen LogP contribution in [0.4, 0.5) is 0 Å². The lowest BCUT2D eigenvalue weighted by atomic mass is 10.2. The molecule has 80 valence electrons. The molecule has 0 fully saturated rings. The van der Waals surface area contributed by atoms with Gasteiger partial charge in [-0.15, -0.1) is 0 Å². The Bertz CT molecular complexity index is 211. The SMILES string of the molecule is CCC(C(=O)O)N(C)CCCCC#N. The van der Waals surface area contributed by atoms with Gasteiger partial charge in [0, 0.05) is 6.42 Å². The Kier molecular flexibility index (Phi) is 6.77. The van der Waals surface area contributed by atoms with Crippen molar-refractivity contribution in [3.63, 3.8) is 0 Å². The molecule has 0 aromatic heterocycles. The standard InChI is InChI=1S/C10H18N2O2/c1-3-9(10(13)14)12(2)8-6-4-5-7-11/h9H,3-6,8H2,1-2H3,(H,13,14). The maximum atomic E-state index is 10.8. The van der Waals surface area contributed by atoms with Crippen molar-refractivity contribution < 1.29 is 9.90 Å². The second-order valence-corrected chi connectivity index (χ2v) is 3.36. The summed E-state index contributed by atoms with van der Waals surface area (Å²) in [6, 6.07) is 1.68. The molecule has 0 aliphatic heterocycles. The molecule has 0 rings (SSSR count). The maximum Gasteiger partial charge on any atom is 0.320 e. The van der Waals surface area contributed by atoms with E-state index in [1.807, 2.05) is 18.9 Å². The average molecular weight is 198 g/mol. The number of rotatable bonds is 7. The van der Waals surface area contributed by atoms with Gasteiger partial charge in [-0.2, -0.15) is 5.26 Å². The normalized spacial score (nSPS) is 12.4. The Morgan fingerprint density at radius 3 is 2.64 bits per heavy atom. The van der Waals surface area contributed by atoms with E-state index in [2.05, 4.69) is 6.07 Å². The van der Waals surface area contributed by atoms with E-state index in [-0.39, 0.29) is 0 Å². The van der Waals surface area contributed by atoms with Gasteiger partial charge in [0.1, 0.15) is 6.04 Å². The molecule has 0 amide bonds. The summed E-state index contributed by atoms with van der Waals surface area (Å²) in [5.41, 5.74) is 0. The van der Waals surface area contributed by atoms with Crippen LogP contribution in [0, 0.1) is 11.3 Å². The maximum absolute atomic E-state index is 10.8. The number of unbranched alkanes of at least 4 members (excludes halogenated alkanes) is 2. The molecule has 1 unspecified atom stereocenters. The Morgan fingerprint density at radius 1 is 1.57 bits per heavy atom. The molecule has 1 N–H and O–H groups in total. The summed E-state index contributed by atoms with van der Waals surface area (Å²) in [4.78, 5) is 12.6. The Balaban J connectivity index is 3.76. The quantitative estimate of drug-likeness (QED) is 0.629. The van der Waals surface area contributed by atoms with E-state index in [0.717, 1.165) is 19.4 Å². The van der Waals surface area contributed by atoms with Gasteiger partial charge < -0.3 is 5.11 Å². The van der Waals surface area contributed by atoms with Crippen molar-refractivity contribution in [2.45, 2.75) is 38.6 Å². The van der Waals surface area contributed by atoms with Crippen LogP contribution in [0.3, 0.4) is 0 Å². The number of hydrogen-bond acceptors (Lipinski definition) is 3. The van der Waals surface area contributed by atoms with Gasteiger partial charge in [-0.1, -0.05) is 6.92 Å². The van der Waals surface area contributed by atoms with Crippen LogP contribution in [0.25, 0.3) is 0 Å². The molecule has 4 heteroatoms. The predicted octanol–water partition coefficient (Wildman–Crippen LogP) is 1.48. The number of nitrogens with zero attached hydrogens (tertiary/aromatic N) is 2. The molecule has 0 bridgehead atoms. The van der Waals surface area contributed by atoms with Gasteiger partial charge in [-0.05, 0) is 32.9 Å². The molecule has 4 nitrogen and oxygen atoms in total. The highest BCUT2D eigenvalue weighted by Gasteiger charge is 2.19. The number of carbonyl (C=O) groups is 1. The zero-order valence-corrected chi connectivity index (χ0v) is 8.86. The van der Waals surface area contributed by atoms with Crippen molar-refractivity contribution in [2.24, 2.45) is 0 Å². The van der Waals surface area contributed by atoms with E-state index < -0.39 is 12.0 Å². The van der Waals surface area contributed by atoms with Crippen LogP contribution >= 0.6 is 0 Å². The lowest BCUT2D eigenvalue weighted by molar-refractivity contribution is -0.142. The van der Waals surface area contributed by atoms with Crippen LogP contribution in [0.5, 0.6) is 0 Å². The summed E-state index contributed by atoms with van der Waals surface area (Å²) in [5.74, 6) is -0.768. The second-order valence-electron chi connectivity index (χ2n) is 3.36. The van der Waals surface area contributed by atoms with Crippen LogP contribution in [0.1, 0.15) is 32.6 Å². The molecule has 1 atom stereocenters. The fraction of sp³-hybridized carbons (Fsp3) is 0.800. The number of hydrogen-bond donors (Lipinski definition) is 1.